The van der Waals surface area contributed by atoms with Crippen molar-refractivity contribution in [2.45, 2.75) is 25.0 Å². The number of anilines is 1. The number of ether oxygens (including phenoxy) is 2. The Labute approximate surface area is 232 Å². The summed E-state index contributed by atoms with van der Waals surface area (Å²) < 4.78 is 25.5. The van der Waals surface area contributed by atoms with Gasteiger partial charge in [0.05, 0.1) is 25.9 Å². The van der Waals surface area contributed by atoms with Crippen LogP contribution in [0.15, 0.2) is 60.7 Å². The van der Waals surface area contributed by atoms with Gasteiger partial charge >= 0.3 is 5.97 Å². The topological polar surface area (TPSA) is 90.1 Å². The first kappa shape index (κ1) is 26.2. The van der Waals surface area contributed by atoms with E-state index in [0.29, 0.717) is 18.7 Å². The van der Waals surface area contributed by atoms with Crippen molar-refractivity contribution in [1.82, 2.24) is 15.2 Å². The number of aromatic nitrogens is 1. The molecule has 4 aromatic rings. The lowest BCUT2D eigenvalue weighted by Gasteiger charge is -2.36. The van der Waals surface area contributed by atoms with Gasteiger partial charge in [-0.05, 0) is 53.6 Å². The Bertz CT molecular complexity index is 1550. The van der Waals surface area contributed by atoms with Gasteiger partial charge < -0.3 is 24.5 Å². The van der Waals surface area contributed by atoms with E-state index >= 15 is 0 Å². The molecule has 9 heteroatoms. The second-order valence-electron chi connectivity index (χ2n) is 10.4. The van der Waals surface area contributed by atoms with Crippen LogP contribution in [0.25, 0.3) is 10.9 Å². The number of carboxylic acids is 1. The number of aliphatic carboxylic acids is 1. The lowest BCUT2D eigenvalue weighted by atomic mass is 9.89. The summed E-state index contributed by atoms with van der Waals surface area (Å²) in [6.07, 6.45) is 0.379. The third-order valence-electron chi connectivity index (χ3n) is 8.11. The summed E-state index contributed by atoms with van der Waals surface area (Å²) in [4.78, 5) is 20.1. The standard InChI is InChI=1S/C31H33FN4O4/c1-39-21-8-9-25-22(16-21)23-17-26(31(37)38)34-29(30(23)33-25)19-7-10-28(40-2)20(15-19)18-35-11-13-36(14-12-35)27-6-4-3-5-24(27)32/h3-10,15-16,26,29,33-34H,11-14,17-18H2,1-2H3,(H,37,38)/t26-,29+/m1/s1. The minimum atomic E-state index is -0.880. The highest BCUT2D eigenvalue weighted by Crippen LogP contribution is 2.38. The summed E-state index contributed by atoms with van der Waals surface area (Å²) in [7, 11) is 3.29. The molecule has 1 fully saturated rings. The van der Waals surface area contributed by atoms with E-state index in [9.17, 15) is 14.3 Å². The fraction of sp³-hybridized carbons (Fsp3) is 0.323. The number of methoxy groups -OCH3 is 2. The number of rotatable bonds is 7. The molecule has 1 aromatic heterocycles. The van der Waals surface area contributed by atoms with Crippen molar-refractivity contribution in [2.75, 3.05) is 45.3 Å². The number of fused-ring (bicyclic) bond motifs is 3. The van der Waals surface area contributed by atoms with E-state index < -0.39 is 12.0 Å². The lowest BCUT2D eigenvalue weighted by molar-refractivity contribution is -0.139. The first-order valence-electron chi connectivity index (χ1n) is 13.5. The summed E-state index contributed by atoms with van der Waals surface area (Å²) in [6.45, 7) is 3.72. The van der Waals surface area contributed by atoms with E-state index in [2.05, 4.69) is 26.2 Å². The quantitative estimate of drug-likeness (QED) is 0.319. The molecule has 2 atom stereocenters. The average molecular weight is 545 g/mol. The van der Waals surface area contributed by atoms with Crippen LogP contribution < -0.4 is 19.7 Å². The molecule has 0 spiro atoms. The number of para-hydroxylation sites is 1. The van der Waals surface area contributed by atoms with Gasteiger partial charge in [0.2, 0.25) is 0 Å². The molecular formula is C31H33FN4O4. The predicted molar refractivity (Wildman–Crippen MR) is 152 cm³/mol. The average Bonchev–Trinajstić information content (AvgIpc) is 3.35. The summed E-state index contributed by atoms with van der Waals surface area (Å²) in [5.74, 6) is 0.444. The number of H-pyrrole nitrogens is 1. The first-order chi connectivity index (χ1) is 19.4. The molecule has 0 radical (unpaired) electrons. The number of aromatic amines is 1. The Kier molecular flexibility index (Phi) is 7.08. The molecular weight excluding hydrogens is 511 g/mol. The minimum Gasteiger partial charge on any atom is -0.497 e. The fourth-order valence-corrected chi connectivity index (χ4v) is 6.01. The predicted octanol–water partition coefficient (Wildman–Crippen LogP) is 4.33. The van der Waals surface area contributed by atoms with Crippen molar-refractivity contribution in [2.24, 2.45) is 0 Å². The first-order valence-corrected chi connectivity index (χ1v) is 13.5. The van der Waals surface area contributed by atoms with Gasteiger partial charge in [0, 0.05) is 61.3 Å². The van der Waals surface area contributed by atoms with Crippen LogP contribution in [-0.2, 0) is 17.8 Å². The maximum atomic E-state index is 14.3. The highest BCUT2D eigenvalue weighted by Gasteiger charge is 2.34. The molecule has 6 rings (SSSR count). The molecule has 0 unspecified atom stereocenters. The van der Waals surface area contributed by atoms with Crippen LogP contribution in [0, 0.1) is 5.82 Å². The number of carbonyl (C=O) groups is 1. The molecule has 3 heterocycles. The van der Waals surface area contributed by atoms with Crippen LogP contribution in [0.5, 0.6) is 11.5 Å². The number of nitrogens with one attached hydrogen (secondary N) is 2. The molecule has 3 aromatic carbocycles. The summed E-state index contributed by atoms with van der Waals surface area (Å²) >= 11 is 0. The molecule has 0 saturated carbocycles. The van der Waals surface area contributed by atoms with Crippen LogP contribution in [0.2, 0.25) is 0 Å². The molecule has 3 N–H and O–H groups in total. The third kappa shape index (κ3) is 4.87. The van der Waals surface area contributed by atoms with E-state index in [1.165, 1.54) is 6.07 Å². The number of nitrogens with zero attached hydrogens (tertiary/aromatic N) is 2. The van der Waals surface area contributed by atoms with Gasteiger partial charge in [-0.2, -0.15) is 0 Å². The number of benzene rings is 3. The van der Waals surface area contributed by atoms with Crippen LogP contribution in [-0.4, -0.2) is 67.4 Å². The Morgan fingerprint density at radius 1 is 1.02 bits per heavy atom. The maximum Gasteiger partial charge on any atom is 0.321 e. The molecule has 8 nitrogen and oxygen atoms in total. The molecule has 2 aliphatic rings. The van der Waals surface area contributed by atoms with Gasteiger partial charge in [-0.1, -0.05) is 18.2 Å². The van der Waals surface area contributed by atoms with E-state index in [1.54, 1.807) is 20.3 Å². The Morgan fingerprint density at radius 3 is 2.55 bits per heavy atom. The Hall–Kier alpha value is -4.08. The van der Waals surface area contributed by atoms with Crippen molar-refractivity contribution >= 4 is 22.6 Å². The van der Waals surface area contributed by atoms with Crippen LogP contribution in [0.3, 0.4) is 0 Å². The Balaban J connectivity index is 1.28. The zero-order valence-corrected chi connectivity index (χ0v) is 22.6. The number of carboxylic acid groups (broad SMARTS) is 1. The van der Waals surface area contributed by atoms with Crippen LogP contribution in [0.1, 0.15) is 28.4 Å². The van der Waals surface area contributed by atoms with E-state index in [-0.39, 0.29) is 11.9 Å². The van der Waals surface area contributed by atoms with Crippen molar-refractivity contribution in [1.29, 1.82) is 0 Å². The van der Waals surface area contributed by atoms with Gasteiger partial charge in [-0.3, -0.25) is 15.0 Å². The van der Waals surface area contributed by atoms with Gasteiger partial charge in [0.15, 0.2) is 0 Å². The minimum absolute atomic E-state index is 0.195. The molecule has 0 bridgehead atoms. The second-order valence-corrected chi connectivity index (χ2v) is 10.4. The molecule has 1 saturated heterocycles. The molecule has 0 amide bonds. The summed E-state index contributed by atoms with van der Waals surface area (Å²) in [5, 5.41) is 14.3. The molecule has 208 valence electrons. The highest BCUT2D eigenvalue weighted by atomic mass is 19.1. The highest BCUT2D eigenvalue weighted by molar-refractivity contribution is 5.88. The maximum absolute atomic E-state index is 14.3. The van der Waals surface area contributed by atoms with Crippen molar-refractivity contribution in [3.05, 3.63) is 88.9 Å². The van der Waals surface area contributed by atoms with Gasteiger partial charge in [0.1, 0.15) is 23.4 Å². The summed E-state index contributed by atoms with van der Waals surface area (Å²) in [6, 6.07) is 17.8. The van der Waals surface area contributed by atoms with Crippen LogP contribution in [0.4, 0.5) is 10.1 Å². The molecule has 2 aliphatic heterocycles. The lowest BCUT2D eigenvalue weighted by Crippen LogP contribution is -2.46. The van der Waals surface area contributed by atoms with E-state index in [4.69, 9.17) is 9.47 Å². The van der Waals surface area contributed by atoms with Gasteiger partial charge in [-0.15, -0.1) is 0 Å². The smallest absolute Gasteiger partial charge is 0.321 e. The van der Waals surface area contributed by atoms with E-state index in [0.717, 1.165) is 71.0 Å². The van der Waals surface area contributed by atoms with Crippen molar-refractivity contribution < 1.29 is 23.8 Å². The number of hydrogen-bond acceptors (Lipinski definition) is 6. The Morgan fingerprint density at radius 2 is 1.82 bits per heavy atom. The zero-order chi connectivity index (χ0) is 27.8. The summed E-state index contributed by atoms with van der Waals surface area (Å²) in [5.41, 5.74) is 5.54. The monoisotopic (exact) mass is 544 g/mol. The zero-order valence-electron chi connectivity index (χ0n) is 22.6. The van der Waals surface area contributed by atoms with Crippen molar-refractivity contribution in [3.63, 3.8) is 0 Å². The second kappa shape index (κ2) is 10.8. The number of hydrogen-bond donors (Lipinski definition) is 3. The van der Waals surface area contributed by atoms with Gasteiger partial charge in [0.25, 0.3) is 0 Å². The SMILES string of the molecule is COc1ccc2[nH]c3c(c2c1)C[C@H](C(=O)O)N[C@H]3c1ccc(OC)c(CN2CCN(c3ccccc3F)CC2)c1. The van der Waals surface area contributed by atoms with Gasteiger partial charge in [-0.25, -0.2) is 4.39 Å². The molecule has 0 aliphatic carbocycles. The van der Waals surface area contributed by atoms with Crippen molar-refractivity contribution in [3.8, 4) is 11.5 Å². The number of halogens is 1. The fourth-order valence-electron chi connectivity index (χ4n) is 6.01. The van der Waals surface area contributed by atoms with Crippen LogP contribution >= 0.6 is 0 Å². The van der Waals surface area contributed by atoms with E-state index in [1.807, 2.05) is 42.5 Å². The largest absolute Gasteiger partial charge is 0.497 e. The number of piperazine rings is 1. The third-order valence-corrected chi connectivity index (χ3v) is 8.11. The normalized spacial score (nSPS) is 19.4. The molecule has 40 heavy (non-hydrogen) atoms.